The Bertz CT molecular complexity index is 627. The lowest BCUT2D eigenvalue weighted by atomic mass is 9.83. The van der Waals surface area contributed by atoms with E-state index in [4.69, 9.17) is 14.2 Å². The highest BCUT2D eigenvalue weighted by atomic mass is 16.5. The van der Waals surface area contributed by atoms with Crippen molar-refractivity contribution in [2.24, 2.45) is 10.4 Å². The van der Waals surface area contributed by atoms with E-state index < -0.39 is 0 Å². The number of hydrogen-bond donors (Lipinski definition) is 2. The first-order valence-corrected chi connectivity index (χ1v) is 10.1. The molecule has 1 aromatic rings. The van der Waals surface area contributed by atoms with E-state index in [0.29, 0.717) is 25.2 Å². The summed E-state index contributed by atoms with van der Waals surface area (Å²) in [6, 6.07) is 6.06. The normalized spacial score (nSPS) is 18.8. The van der Waals surface area contributed by atoms with Gasteiger partial charge in [0.15, 0.2) is 17.5 Å². The molecule has 27 heavy (non-hydrogen) atoms. The molecule has 1 aromatic carbocycles. The van der Waals surface area contributed by atoms with E-state index in [1.807, 2.05) is 19.2 Å². The Kier molecular flexibility index (Phi) is 7.21. The second-order valence-electron chi connectivity index (χ2n) is 7.52. The minimum atomic E-state index is 0.328. The molecular weight excluding hydrogens is 342 g/mol. The molecule has 1 aliphatic carbocycles. The Morgan fingerprint density at radius 2 is 1.96 bits per heavy atom. The summed E-state index contributed by atoms with van der Waals surface area (Å²) in [4.78, 5) is 4.40. The summed E-state index contributed by atoms with van der Waals surface area (Å²) < 4.78 is 17.0. The van der Waals surface area contributed by atoms with E-state index in [-0.39, 0.29) is 0 Å². The lowest BCUT2D eigenvalue weighted by molar-refractivity contribution is 0.138. The molecule has 2 aliphatic rings. The van der Waals surface area contributed by atoms with Gasteiger partial charge < -0.3 is 24.8 Å². The van der Waals surface area contributed by atoms with E-state index in [1.165, 1.54) is 25.7 Å². The number of aliphatic imine (C=N–C) groups is 1. The fraction of sp³-hybridized carbons (Fsp3) is 0.667. The second kappa shape index (κ2) is 9.83. The van der Waals surface area contributed by atoms with Crippen molar-refractivity contribution in [2.75, 3.05) is 40.5 Å². The summed E-state index contributed by atoms with van der Waals surface area (Å²) in [6.45, 7) is 3.80. The number of para-hydroxylation sites is 1. The number of nitrogens with zero attached hydrogens (tertiary/aromatic N) is 1. The van der Waals surface area contributed by atoms with Gasteiger partial charge in [-0.05, 0) is 30.7 Å². The van der Waals surface area contributed by atoms with Gasteiger partial charge in [0.1, 0.15) is 0 Å². The number of methoxy groups -OCH3 is 1. The fourth-order valence-corrected chi connectivity index (χ4v) is 4.02. The molecule has 0 amide bonds. The van der Waals surface area contributed by atoms with Crippen molar-refractivity contribution >= 4 is 5.96 Å². The number of benzene rings is 1. The summed E-state index contributed by atoms with van der Waals surface area (Å²) in [5, 5.41) is 6.96. The van der Waals surface area contributed by atoms with E-state index in [0.717, 1.165) is 49.0 Å². The van der Waals surface area contributed by atoms with Crippen LogP contribution in [0.1, 0.15) is 44.1 Å². The molecule has 6 nitrogen and oxygen atoms in total. The third-order valence-electron chi connectivity index (χ3n) is 5.65. The molecule has 0 radical (unpaired) electrons. The van der Waals surface area contributed by atoms with Crippen molar-refractivity contribution in [3.05, 3.63) is 23.8 Å². The van der Waals surface area contributed by atoms with Crippen molar-refractivity contribution in [3.63, 3.8) is 0 Å². The van der Waals surface area contributed by atoms with Gasteiger partial charge in [0.25, 0.3) is 0 Å². The van der Waals surface area contributed by atoms with E-state index in [9.17, 15) is 0 Å². The maximum atomic E-state index is 5.91. The quantitative estimate of drug-likeness (QED) is 0.566. The first-order chi connectivity index (χ1) is 13.3. The van der Waals surface area contributed by atoms with Crippen LogP contribution in [-0.4, -0.2) is 46.5 Å². The van der Waals surface area contributed by atoms with Crippen LogP contribution >= 0.6 is 0 Å². The lowest BCUT2D eigenvalue weighted by Gasteiger charge is -2.30. The van der Waals surface area contributed by atoms with Crippen LogP contribution in [0, 0.1) is 5.41 Å². The molecule has 6 heteroatoms. The topological polar surface area (TPSA) is 64.1 Å². The third-order valence-corrected chi connectivity index (χ3v) is 5.65. The summed E-state index contributed by atoms with van der Waals surface area (Å²) in [5.74, 6) is 2.51. The minimum absolute atomic E-state index is 0.328. The van der Waals surface area contributed by atoms with Gasteiger partial charge in [0.05, 0.1) is 13.2 Å². The maximum absolute atomic E-state index is 5.91. The summed E-state index contributed by atoms with van der Waals surface area (Å²) >= 11 is 0. The van der Waals surface area contributed by atoms with E-state index >= 15 is 0 Å². The predicted octanol–water partition coefficient (Wildman–Crippen LogP) is 3.11. The highest BCUT2D eigenvalue weighted by Crippen LogP contribution is 2.40. The Balaban J connectivity index is 1.57. The van der Waals surface area contributed by atoms with Crippen LogP contribution < -0.4 is 20.1 Å². The van der Waals surface area contributed by atoms with Crippen molar-refractivity contribution in [2.45, 2.75) is 45.1 Å². The largest absolute Gasteiger partial charge is 0.490 e. The summed E-state index contributed by atoms with van der Waals surface area (Å²) in [5.41, 5.74) is 1.42. The van der Waals surface area contributed by atoms with Gasteiger partial charge in [-0.25, -0.2) is 0 Å². The van der Waals surface area contributed by atoms with Gasteiger partial charge in [-0.15, -0.1) is 0 Å². The first-order valence-electron chi connectivity index (χ1n) is 10.1. The van der Waals surface area contributed by atoms with Crippen molar-refractivity contribution in [1.29, 1.82) is 0 Å². The zero-order chi connectivity index (χ0) is 19.0. The van der Waals surface area contributed by atoms with Gasteiger partial charge in [-0.2, -0.15) is 0 Å². The number of ether oxygens (including phenoxy) is 3. The molecule has 0 atom stereocenters. The summed E-state index contributed by atoms with van der Waals surface area (Å²) in [6.07, 6.45) is 7.16. The van der Waals surface area contributed by atoms with Crippen molar-refractivity contribution in [1.82, 2.24) is 10.6 Å². The predicted molar refractivity (Wildman–Crippen MR) is 108 cm³/mol. The number of hydrogen-bond acceptors (Lipinski definition) is 4. The van der Waals surface area contributed by atoms with Crippen LogP contribution in [0.3, 0.4) is 0 Å². The molecule has 0 saturated heterocycles. The molecule has 0 spiro atoms. The molecule has 2 N–H and O–H groups in total. The van der Waals surface area contributed by atoms with Crippen LogP contribution in [0.15, 0.2) is 23.2 Å². The first kappa shape index (κ1) is 19.8. The van der Waals surface area contributed by atoms with Gasteiger partial charge >= 0.3 is 0 Å². The molecule has 0 aromatic heterocycles. The lowest BCUT2D eigenvalue weighted by Crippen LogP contribution is -2.43. The van der Waals surface area contributed by atoms with Crippen LogP contribution in [0.5, 0.6) is 11.5 Å². The van der Waals surface area contributed by atoms with E-state index in [2.05, 4.69) is 21.7 Å². The molecule has 1 heterocycles. The molecule has 1 fully saturated rings. The Labute approximate surface area is 162 Å². The number of guanidine groups is 1. The Hall–Kier alpha value is -1.95. The van der Waals surface area contributed by atoms with Crippen LogP contribution in [-0.2, 0) is 11.3 Å². The number of fused-ring (bicyclic) bond motifs is 1. The molecular formula is C21H33N3O3. The van der Waals surface area contributed by atoms with E-state index in [1.54, 1.807) is 7.11 Å². The fourth-order valence-electron chi connectivity index (χ4n) is 4.02. The summed E-state index contributed by atoms with van der Waals surface area (Å²) in [7, 11) is 3.60. The molecule has 1 aliphatic heterocycles. The second-order valence-corrected chi connectivity index (χ2v) is 7.52. The SMILES string of the molecule is CN=C(NCc1cccc2c1OCCCO2)NCC1(CCOC)CCCC1. The van der Waals surface area contributed by atoms with Gasteiger partial charge in [-0.3, -0.25) is 4.99 Å². The minimum Gasteiger partial charge on any atom is -0.490 e. The molecule has 1 saturated carbocycles. The van der Waals surface area contributed by atoms with Crippen molar-refractivity contribution < 1.29 is 14.2 Å². The van der Waals surface area contributed by atoms with Crippen LogP contribution in [0.4, 0.5) is 0 Å². The Morgan fingerprint density at radius 3 is 2.74 bits per heavy atom. The molecule has 0 bridgehead atoms. The number of nitrogens with one attached hydrogen (secondary N) is 2. The average Bonchev–Trinajstić information content (AvgIpc) is 3.03. The van der Waals surface area contributed by atoms with Crippen LogP contribution in [0.25, 0.3) is 0 Å². The molecule has 0 unspecified atom stereocenters. The van der Waals surface area contributed by atoms with Crippen LogP contribution in [0.2, 0.25) is 0 Å². The number of rotatable bonds is 7. The maximum Gasteiger partial charge on any atom is 0.191 e. The van der Waals surface area contributed by atoms with Gasteiger partial charge in [0, 0.05) is 45.8 Å². The van der Waals surface area contributed by atoms with Crippen molar-refractivity contribution in [3.8, 4) is 11.5 Å². The smallest absolute Gasteiger partial charge is 0.191 e. The molecule has 150 valence electrons. The zero-order valence-electron chi connectivity index (χ0n) is 16.7. The van der Waals surface area contributed by atoms with Gasteiger partial charge in [0.2, 0.25) is 0 Å². The highest BCUT2D eigenvalue weighted by Gasteiger charge is 2.33. The highest BCUT2D eigenvalue weighted by molar-refractivity contribution is 5.79. The average molecular weight is 376 g/mol. The van der Waals surface area contributed by atoms with Gasteiger partial charge in [-0.1, -0.05) is 25.0 Å². The monoisotopic (exact) mass is 375 g/mol. The molecule has 3 rings (SSSR count). The third kappa shape index (κ3) is 5.28. The zero-order valence-corrected chi connectivity index (χ0v) is 16.7. The standard InChI is InChI=1S/C21H33N3O3/c1-22-20(24-16-21(11-14-25-2)9-3-4-10-21)23-15-17-7-5-8-18-19(17)27-13-6-12-26-18/h5,7-8H,3-4,6,9-16H2,1-2H3,(H2,22,23,24). The Morgan fingerprint density at radius 1 is 1.15 bits per heavy atom.